The summed E-state index contributed by atoms with van der Waals surface area (Å²) in [7, 11) is 0. The van der Waals surface area contributed by atoms with Gasteiger partial charge in [0, 0.05) is 23.8 Å². The zero-order chi connectivity index (χ0) is 18.8. The van der Waals surface area contributed by atoms with E-state index in [2.05, 4.69) is 12.2 Å². The molecule has 2 amide bonds. The molecule has 2 rings (SSSR count). The number of rotatable bonds is 3. The van der Waals surface area contributed by atoms with Crippen LogP contribution >= 0.6 is 0 Å². The maximum absolute atomic E-state index is 12.8. The summed E-state index contributed by atoms with van der Waals surface area (Å²) in [5.41, 5.74) is 7.94. The molecule has 0 spiro atoms. The first-order chi connectivity index (χ1) is 11.6. The molecule has 138 valence electrons. The third kappa shape index (κ3) is 4.60. The van der Waals surface area contributed by atoms with Crippen molar-refractivity contribution in [3.63, 3.8) is 0 Å². The predicted octanol–water partition coefficient (Wildman–Crippen LogP) is 3.32. The van der Waals surface area contributed by atoms with Gasteiger partial charge in [0.05, 0.1) is 6.04 Å². The Morgan fingerprint density at radius 1 is 1.28 bits per heavy atom. The number of nitrogens with two attached hydrogens (primary N) is 1. The number of benzene rings is 1. The second-order valence-electron chi connectivity index (χ2n) is 8.21. The number of hydrogen-bond acceptors (Lipinski definition) is 3. The zero-order valence-corrected chi connectivity index (χ0v) is 16.1. The SMILES string of the molecule is Cc1cc(C(=O)N2CCCCC2C)ccc1NC(=O)[C@@H](N)C(C)(C)C. The van der Waals surface area contributed by atoms with E-state index in [0.717, 1.165) is 24.9 Å². The second-order valence-corrected chi connectivity index (χ2v) is 8.21. The van der Waals surface area contributed by atoms with Crippen LogP contribution in [0.15, 0.2) is 18.2 Å². The van der Waals surface area contributed by atoms with Gasteiger partial charge < -0.3 is 16.0 Å². The van der Waals surface area contributed by atoms with Crippen molar-refractivity contribution in [1.82, 2.24) is 4.90 Å². The van der Waals surface area contributed by atoms with Crippen molar-refractivity contribution in [1.29, 1.82) is 0 Å². The Morgan fingerprint density at radius 3 is 2.52 bits per heavy atom. The summed E-state index contributed by atoms with van der Waals surface area (Å²) in [6.45, 7) is 10.6. The Bertz CT molecular complexity index is 649. The highest BCUT2D eigenvalue weighted by Gasteiger charge is 2.28. The van der Waals surface area contributed by atoms with Gasteiger partial charge in [-0.25, -0.2) is 0 Å². The first-order valence-corrected chi connectivity index (χ1v) is 9.09. The van der Waals surface area contributed by atoms with Gasteiger partial charge in [-0.15, -0.1) is 0 Å². The zero-order valence-electron chi connectivity index (χ0n) is 16.1. The molecule has 0 bridgehead atoms. The number of hydrogen-bond donors (Lipinski definition) is 2. The van der Waals surface area contributed by atoms with Gasteiger partial charge in [-0.05, 0) is 62.3 Å². The molecule has 3 N–H and O–H groups in total. The topological polar surface area (TPSA) is 75.4 Å². The maximum atomic E-state index is 12.8. The van der Waals surface area contributed by atoms with Crippen molar-refractivity contribution in [3.8, 4) is 0 Å². The molecule has 2 atom stereocenters. The summed E-state index contributed by atoms with van der Waals surface area (Å²) >= 11 is 0. The van der Waals surface area contributed by atoms with E-state index >= 15 is 0 Å². The number of piperidine rings is 1. The van der Waals surface area contributed by atoms with Gasteiger partial charge in [0.1, 0.15) is 0 Å². The molecule has 1 aromatic carbocycles. The molecule has 1 aliphatic rings. The van der Waals surface area contributed by atoms with Crippen LogP contribution in [-0.2, 0) is 4.79 Å². The molecule has 0 saturated carbocycles. The van der Waals surface area contributed by atoms with Crippen molar-refractivity contribution in [3.05, 3.63) is 29.3 Å². The van der Waals surface area contributed by atoms with Crippen molar-refractivity contribution < 1.29 is 9.59 Å². The summed E-state index contributed by atoms with van der Waals surface area (Å²) in [6.07, 6.45) is 3.31. The molecule has 5 heteroatoms. The highest BCUT2D eigenvalue weighted by molar-refractivity contribution is 5.98. The third-order valence-electron chi connectivity index (χ3n) is 5.01. The van der Waals surface area contributed by atoms with E-state index in [1.807, 2.05) is 38.7 Å². The van der Waals surface area contributed by atoms with E-state index in [-0.39, 0.29) is 23.3 Å². The summed E-state index contributed by atoms with van der Waals surface area (Å²) < 4.78 is 0. The quantitative estimate of drug-likeness (QED) is 0.882. The lowest BCUT2D eigenvalue weighted by Crippen LogP contribution is -2.45. The average Bonchev–Trinajstić information content (AvgIpc) is 2.54. The summed E-state index contributed by atoms with van der Waals surface area (Å²) in [6, 6.07) is 5.12. The summed E-state index contributed by atoms with van der Waals surface area (Å²) in [5, 5.41) is 2.88. The highest BCUT2D eigenvalue weighted by atomic mass is 16.2. The predicted molar refractivity (Wildman–Crippen MR) is 102 cm³/mol. The van der Waals surface area contributed by atoms with Crippen LogP contribution in [0.25, 0.3) is 0 Å². The lowest BCUT2D eigenvalue weighted by Gasteiger charge is -2.33. The van der Waals surface area contributed by atoms with E-state index < -0.39 is 6.04 Å². The standard InChI is InChI=1S/C20H31N3O2/c1-13-12-15(19(25)23-11-7-6-8-14(23)2)9-10-16(13)22-18(24)17(21)20(3,4)5/h9-10,12,14,17H,6-8,11,21H2,1-5H3,(H,22,24)/t14?,17-/m1/s1. The maximum Gasteiger partial charge on any atom is 0.254 e. The number of likely N-dealkylation sites (tertiary alicyclic amines) is 1. The molecule has 1 unspecified atom stereocenters. The molecule has 1 aliphatic heterocycles. The van der Waals surface area contributed by atoms with Crippen molar-refractivity contribution >= 4 is 17.5 Å². The van der Waals surface area contributed by atoms with Gasteiger partial charge >= 0.3 is 0 Å². The molecule has 1 saturated heterocycles. The average molecular weight is 345 g/mol. The van der Waals surface area contributed by atoms with Gasteiger partial charge in [0.25, 0.3) is 5.91 Å². The van der Waals surface area contributed by atoms with Crippen LogP contribution in [0.4, 0.5) is 5.69 Å². The fourth-order valence-electron chi connectivity index (χ4n) is 3.11. The number of aryl methyl sites for hydroxylation is 1. The Hall–Kier alpha value is -1.88. The molecule has 1 aromatic rings. The summed E-state index contributed by atoms with van der Waals surface area (Å²) in [4.78, 5) is 27.0. The van der Waals surface area contributed by atoms with Crippen molar-refractivity contribution in [2.24, 2.45) is 11.1 Å². The smallest absolute Gasteiger partial charge is 0.254 e. The molecule has 0 aromatic heterocycles. The number of nitrogens with one attached hydrogen (secondary N) is 1. The minimum absolute atomic E-state index is 0.0690. The monoisotopic (exact) mass is 345 g/mol. The largest absolute Gasteiger partial charge is 0.336 e. The van der Waals surface area contributed by atoms with Crippen LogP contribution in [0.1, 0.15) is 62.9 Å². The first kappa shape index (κ1) is 19.4. The van der Waals surface area contributed by atoms with E-state index in [1.54, 1.807) is 12.1 Å². The lowest BCUT2D eigenvalue weighted by atomic mass is 9.87. The number of amides is 2. The van der Waals surface area contributed by atoms with Gasteiger partial charge in [0.2, 0.25) is 5.91 Å². The number of carbonyl (C=O) groups is 2. The Labute approximate surface area is 151 Å². The van der Waals surface area contributed by atoms with Crippen molar-refractivity contribution in [2.45, 2.75) is 66.0 Å². The van der Waals surface area contributed by atoms with Crippen LogP contribution < -0.4 is 11.1 Å². The Balaban J connectivity index is 2.12. The number of nitrogens with zero attached hydrogens (tertiary/aromatic N) is 1. The van der Waals surface area contributed by atoms with Crippen molar-refractivity contribution in [2.75, 3.05) is 11.9 Å². The van der Waals surface area contributed by atoms with E-state index in [9.17, 15) is 9.59 Å². The molecule has 0 aliphatic carbocycles. The minimum atomic E-state index is -0.595. The normalized spacial score (nSPS) is 19.4. The van der Waals surface area contributed by atoms with Gasteiger partial charge in [0.15, 0.2) is 0 Å². The van der Waals surface area contributed by atoms with Gasteiger partial charge in [-0.2, -0.15) is 0 Å². The molecule has 0 radical (unpaired) electrons. The number of anilines is 1. The van der Waals surface area contributed by atoms with Crippen LogP contribution in [0.3, 0.4) is 0 Å². The molecule has 1 fully saturated rings. The minimum Gasteiger partial charge on any atom is -0.336 e. The van der Waals surface area contributed by atoms with Crippen LogP contribution in [-0.4, -0.2) is 35.3 Å². The molecule has 25 heavy (non-hydrogen) atoms. The Kier molecular flexibility index (Phi) is 5.88. The molecular formula is C20H31N3O2. The summed E-state index contributed by atoms with van der Waals surface area (Å²) in [5.74, 6) is -0.140. The van der Waals surface area contributed by atoms with E-state index in [1.165, 1.54) is 6.42 Å². The van der Waals surface area contributed by atoms with E-state index in [4.69, 9.17) is 5.73 Å². The third-order valence-corrected chi connectivity index (χ3v) is 5.01. The van der Waals surface area contributed by atoms with E-state index in [0.29, 0.717) is 11.3 Å². The van der Waals surface area contributed by atoms with Gasteiger partial charge in [-0.3, -0.25) is 9.59 Å². The van der Waals surface area contributed by atoms with Crippen LogP contribution in [0, 0.1) is 12.3 Å². The second kappa shape index (κ2) is 7.56. The number of carbonyl (C=O) groups excluding carboxylic acids is 2. The molecule has 1 heterocycles. The fourth-order valence-corrected chi connectivity index (χ4v) is 3.11. The fraction of sp³-hybridized carbons (Fsp3) is 0.600. The van der Waals surface area contributed by atoms with Gasteiger partial charge in [-0.1, -0.05) is 20.8 Å². The first-order valence-electron chi connectivity index (χ1n) is 9.09. The Morgan fingerprint density at radius 2 is 1.96 bits per heavy atom. The van der Waals surface area contributed by atoms with Crippen LogP contribution in [0.2, 0.25) is 0 Å². The molecule has 5 nitrogen and oxygen atoms in total. The van der Waals surface area contributed by atoms with Crippen LogP contribution in [0.5, 0.6) is 0 Å². The molecular weight excluding hydrogens is 314 g/mol. The highest BCUT2D eigenvalue weighted by Crippen LogP contribution is 2.24. The lowest BCUT2D eigenvalue weighted by molar-refractivity contribution is -0.119.